The standard InChI is InChI=1S/C14H17BrN2O4/c1-16(11-4-2-3-5-13(11)18)14(19)9-6-7-10(15)12(8-9)17(20)21/h6-8,11,13,18H,2-5H2,1H3. The molecule has 1 amide bonds. The Morgan fingerprint density at radius 3 is 2.71 bits per heavy atom. The van der Waals surface area contributed by atoms with Crippen LogP contribution in [-0.4, -0.2) is 40.0 Å². The molecule has 0 spiro atoms. The molecule has 0 saturated heterocycles. The summed E-state index contributed by atoms with van der Waals surface area (Å²) < 4.78 is 0.337. The number of halogens is 1. The molecule has 1 aliphatic carbocycles. The highest BCUT2D eigenvalue weighted by atomic mass is 79.9. The van der Waals surface area contributed by atoms with Crippen LogP contribution in [0.2, 0.25) is 0 Å². The van der Waals surface area contributed by atoms with Gasteiger partial charge in [-0.3, -0.25) is 14.9 Å². The molecule has 2 unspecified atom stereocenters. The summed E-state index contributed by atoms with van der Waals surface area (Å²) in [5.41, 5.74) is 0.114. The maximum atomic E-state index is 12.5. The number of aliphatic hydroxyl groups excluding tert-OH is 1. The molecule has 1 saturated carbocycles. The average molecular weight is 357 g/mol. The first-order valence-electron chi connectivity index (χ1n) is 6.81. The van der Waals surface area contributed by atoms with Gasteiger partial charge in [-0.15, -0.1) is 0 Å². The highest BCUT2D eigenvalue weighted by Crippen LogP contribution is 2.28. The minimum absolute atomic E-state index is 0.140. The number of aliphatic hydroxyl groups is 1. The average Bonchev–Trinajstić information content (AvgIpc) is 2.46. The Balaban J connectivity index is 2.23. The third kappa shape index (κ3) is 3.41. The summed E-state index contributed by atoms with van der Waals surface area (Å²) in [5, 5.41) is 20.9. The number of nitro benzene ring substituents is 1. The molecular weight excluding hydrogens is 340 g/mol. The number of nitro groups is 1. The van der Waals surface area contributed by atoms with Crippen molar-refractivity contribution >= 4 is 27.5 Å². The number of amides is 1. The van der Waals surface area contributed by atoms with Crippen LogP contribution in [0.25, 0.3) is 0 Å². The van der Waals surface area contributed by atoms with Crippen molar-refractivity contribution in [3.63, 3.8) is 0 Å². The van der Waals surface area contributed by atoms with Gasteiger partial charge in [-0.05, 0) is 40.9 Å². The Morgan fingerprint density at radius 2 is 2.10 bits per heavy atom. The summed E-state index contributed by atoms with van der Waals surface area (Å²) in [7, 11) is 1.63. The van der Waals surface area contributed by atoms with Crippen molar-refractivity contribution in [3.05, 3.63) is 38.3 Å². The summed E-state index contributed by atoms with van der Waals surface area (Å²) in [4.78, 5) is 24.3. The van der Waals surface area contributed by atoms with E-state index in [1.54, 1.807) is 13.1 Å². The second kappa shape index (κ2) is 6.53. The van der Waals surface area contributed by atoms with Crippen LogP contribution in [0, 0.1) is 10.1 Å². The van der Waals surface area contributed by atoms with Crippen LogP contribution in [0.1, 0.15) is 36.0 Å². The number of nitrogens with zero attached hydrogens (tertiary/aromatic N) is 2. The maximum absolute atomic E-state index is 12.5. The molecule has 0 heterocycles. The SMILES string of the molecule is CN(C(=O)c1ccc(Br)c([N+](=O)[O-])c1)C1CCCCC1O. The lowest BCUT2D eigenvalue weighted by molar-refractivity contribution is -0.385. The van der Waals surface area contributed by atoms with Crippen LogP contribution in [0.15, 0.2) is 22.7 Å². The molecule has 0 radical (unpaired) electrons. The molecule has 1 N–H and O–H groups in total. The van der Waals surface area contributed by atoms with Gasteiger partial charge < -0.3 is 10.0 Å². The first-order valence-corrected chi connectivity index (χ1v) is 7.60. The topological polar surface area (TPSA) is 83.7 Å². The van der Waals surface area contributed by atoms with E-state index in [2.05, 4.69) is 15.9 Å². The lowest BCUT2D eigenvalue weighted by atomic mass is 9.91. The van der Waals surface area contributed by atoms with E-state index in [1.807, 2.05) is 0 Å². The fraction of sp³-hybridized carbons (Fsp3) is 0.500. The Bertz CT molecular complexity index is 564. The number of hydrogen-bond donors (Lipinski definition) is 1. The van der Waals surface area contributed by atoms with Gasteiger partial charge in [0.25, 0.3) is 11.6 Å². The van der Waals surface area contributed by atoms with Gasteiger partial charge in [0.05, 0.1) is 21.5 Å². The van der Waals surface area contributed by atoms with E-state index >= 15 is 0 Å². The Kier molecular flexibility index (Phi) is 4.95. The highest BCUT2D eigenvalue weighted by Gasteiger charge is 2.30. The second-order valence-corrected chi connectivity index (χ2v) is 6.11. The van der Waals surface area contributed by atoms with Crippen molar-refractivity contribution in [3.8, 4) is 0 Å². The maximum Gasteiger partial charge on any atom is 0.284 e. The Labute approximate surface area is 131 Å². The smallest absolute Gasteiger partial charge is 0.284 e. The zero-order chi connectivity index (χ0) is 15.6. The van der Waals surface area contributed by atoms with Gasteiger partial charge in [-0.2, -0.15) is 0 Å². The zero-order valence-electron chi connectivity index (χ0n) is 11.7. The normalized spacial score (nSPS) is 21.9. The molecule has 1 fully saturated rings. The van der Waals surface area contributed by atoms with Gasteiger partial charge in [0.2, 0.25) is 0 Å². The fourth-order valence-electron chi connectivity index (χ4n) is 2.68. The van der Waals surface area contributed by atoms with E-state index in [0.29, 0.717) is 10.9 Å². The van der Waals surface area contributed by atoms with Crippen molar-refractivity contribution < 1.29 is 14.8 Å². The van der Waals surface area contributed by atoms with E-state index in [4.69, 9.17) is 0 Å². The summed E-state index contributed by atoms with van der Waals surface area (Å²) in [6.45, 7) is 0. The van der Waals surface area contributed by atoms with Gasteiger partial charge in [0.15, 0.2) is 0 Å². The first-order chi connectivity index (χ1) is 9.91. The molecule has 21 heavy (non-hydrogen) atoms. The summed E-state index contributed by atoms with van der Waals surface area (Å²) in [5.74, 6) is -0.309. The lowest BCUT2D eigenvalue weighted by Crippen LogP contribution is -2.46. The highest BCUT2D eigenvalue weighted by molar-refractivity contribution is 9.10. The van der Waals surface area contributed by atoms with Crippen LogP contribution in [0.4, 0.5) is 5.69 Å². The van der Waals surface area contributed by atoms with Gasteiger partial charge >= 0.3 is 0 Å². The van der Waals surface area contributed by atoms with Crippen molar-refractivity contribution in [1.29, 1.82) is 0 Å². The van der Waals surface area contributed by atoms with Gasteiger partial charge in [-0.25, -0.2) is 0 Å². The molecular formula is C14H17BrN2O4. The molecule has 2 rings (SSSR count). The van der Waals surface area contributed by atoms with Gasteiger partial charge in [0, 0.05) is 18.7 Å². The van der Waals surface area contributed by atoms with Crippen molar-refractivity contribution in [2.75, 3.05) is 7.05 Å². The number of likely N-dealkylation sites (N-methyl/N-ethyl adjacent to an activating group) is 1. The largest absolute Gasteiger partial charge is 0.391 e. The first kappa shape index (κ1) is 15.9. The van der Waals surface area contributed by atoms with Crippen molar-refractivity contribution in [2.45, 2.75) is 37.8 Å². The molecule has 1 aromatic rings. The summed E-state index contributed by atoms with van der Waals surface area (Å²) >= 11 is 3.10. The third-order valence-corrected chi connectivity index (χ3v) is 4.57. The third-order valence-electron chi connectivity index (χ3n) is 3.90. The predicted molar refractivity (Wildman–Crippen MR) is 81.2 cm³/mol. The Morgan fingerprint density at radius 1 is 1.43 bits per heavy atom. The number of carbonyl (C=O) groups excluding carboxylic acids is 1. The molecule has 0 aromatic heterocycles. The van der Waals surface area contributed by atoms with E-state index in [1.165, 1.54) is 17.0 Å². The van der Waals surface area contributed by atoms with Crippen molar-refractivity contribution in [1.82, 2.24) is 4.90 Å². The lowest BCUT2D eigenvalue weighted by Gasteiger charge is -2.35. The molecule has 6 nitrogen and oxygen atoms in total. The minimum Gasteiger partial charge on any atom is -0.391 e. The number of rotatable bonds is 3. The summed E-state index contributed by atoms with van der Waals surface area (Å²) in [6.07, 6.45) is 2.84. The quantitative estimate of drug-likeness (QED) is 0.666. The molecule has 1 aromatic carbocycles. The zero-order valence-corrected chi connectivity index (χ0v) is 13.2. The van der Waals surface area contributed by atoms with Crippen LogP contribution in [-0.2, 0) is 0 Å². The van der Waals surface area contributed by atoms with Gasteiger partial charge in [-0.1, -0.05) is 12.8 Å². The summed E-state index contributed by atoms with van der Waals surface area (Å²) in [6, 6.07) is 4.08. The van der Waals surface area contributed by atoms with Crippen LogP contribution in [0.3, 0.4) is 0 Å². The monoisotopic (exact) mass is 356 g/mol. The van der Waals surface area contributed by atoms with Crippen LogP contribution in [0.5, 0.6) is 0 Å². The predicted octanol–water partition coefficient (Wildman–Crippen LogP) is 2.73. The molecule has 0 bridgehead atoms. The van der Waals surface area contributed by atoms with Crippen molar-refractivity contribution in [2.24, 2.45) is 0 Å². The van der Waals surface area contributed by atoms with Crippen LogP contribution >= 0.6 is 15.9 Å². The minimum atomic E-state index is -0.531. The number of hydrogen-bond acceptors (Lipinski definition) is 4. The van der Waals surface area contributed by atoms with E-state index < -0.39 is 11.0 Å². The van der Waals surface area contributed by atoms with E-state index in [-0.39, 0.29) is 23.2 Å². The van der Waals surface area contributed by atoms with Crippen LogP contribution < -0.4 is 0 Å². The van der Waals surface area contributed by atoms with Gasteiger partial charge in [0.1, 0.15) is 0 Å². The van der Waals surface area contributed by atoms with E-state index in [9.17, 15) is 20.0 Å². The molecule has 0 aliphatic heterocycles. The molecule has 114 valence electrons. The van der Waals surface area contributed by atoms with E-state index in [0.717, 1.165) is 19.3 Å². The fourth-order valence-corrected chi connectivity index (χ4v) is 3.07. The molecule has 7 heteroatoms. The molecule has 1 aliphatic rings. The number of benzene rings is 1. The second-order valence-electron chi connectivity index (χ2n) is 5.26. The number of carbonyl (C=O) groups is 1. The molecule has 2 atom stereocenters. The Hall–Kier alpha value is -1.47.